The fourth-order valence-electron chi connectivity index (χ4n) is 2.35. The van der Waals surface area contributed by atoms with Crippen molar-refractivity contribution in [3.63, 3.8) is 0 Å². The summed E-state index contributed by atoms with van der Waals surface area (Å²) in [5.74, 6) is 0.376. The zero-order chi connectivity index (χ0) is 16.4. The largest absolute Gasteiger partial charge is 0.378 e. The van der Waals surface area contributed by atoms with E-state index in [1.165, 1.54) is 5.01 Å². The van der Waals surface area contributed by atoms with Crippen LogP contribution < -0.4 is 9.91 Å². The maximum atomic E-state index is 12.6. The van der Waals surface area contributed by atoms with Crippen molar-refractivity contribution in [2.75, 3.05) is 24.0 Å². The predicted octanol–water partition coefficient (Wildman–Crippen LogP) is 2.95. The molecular weight excluding hydrogens is 288 g/mol. The van der Waals surface area contributed by atoms with Crippen LogP contribution in [0.2, 0.25) is 0 Å². The molecule has 2 aromatic rings. The van der Waals surface area contributed by atoms with E-state index in [9.17, 15) is 4.79 Å². The van der Waals surface area contributed by atoms with Gasteiger partial charge in [-0.15, -0.1) is 0 Å². The van der Waals surface area contributed by atoms with Gasteiger partial charge in [0.2, 0.25) is 0 Å². The van der Waals surface area contributed by atoms with Gasteiger partial charge in [0.25, 0.3) is 5.91 Å². The van der Waals surface area contributed by atoms with Gasteiger partial charge in [-0.05, 0) is 42.8 Å². The molecule has 3 rings (SSSR count). The summed E-state index contributed by atoms with van der Waals surface area (Å²) >= 11 is 0. The van der Waals surface area contributed by atoms with Gasteiger partial charge >= 0.3 is 0 Å². The number of amides is 1. The molecule has 1 aromatic heterocycles. The van der Waals surface area contributed by atoms with Gasteiger partial charge in [-0.25, -0.2) is 4.98 Å². The first-order chi connectivity index (χ1) is 11.1. The Bertz CT molecular complexity index is 776. The Hall–Kier alpha value is -2.95. The number of pyridine rings is 1. The molecular formula is C18H18N4O. The van der Waals surface area contributed by atoms with E-state index in [4.69, 9.17) is 0 Å². The zero-order valence-electron chi connectivity index (χ0n) is 13.4. The minimum absolute atomic E-state index is 0.155. The highest BCUT2D eigenvalue weighted by Crippen LogP contribution is 2.23. The van der Waals surface area contributed by atoms with Gasteiger partial charge in [-0.3, -0.25) is 4.79 Å². The number of benzene rings is 1. The summed E-state index contributed by atoms with van der Waals surface area (Å²) < 4.78 is 0. The number of aromatic nitrogens is 1. The van der Waals surface area contributed by atoms with E-state index in [1.54, 1.807) is 12.3 Å². The van der Waals surface area contributed by atoms with Crippen LogP contribution in [0.4, 0.5) is 11.5 Å². The van der Waals surface area contributed by atoms with Crippen molar-refractivity contribution < 1.29 is 4.79 Å². The van der Waals surface area contributed by atoms with Crippen LogP contribution in [0, 0.1) is 0 Å². The summed E-state index contributed by atoms with van der Waals surface area (Å²) in [7, 11) is 3.99. The van der Waals surface area contributed by atoms with Gasteiger partial charge in [0.15, 0.2) is 5.82 Å². The molecule has 0 saturated heterocycles. The van der Waals surface area contributed by atoms with Crippen molar-refractivity contribution in [2.24, 2.45) is 5.10 Å². The molecule has 0 fully saturated rings. The number of carbonyl (C=O) groups excluding carboxylic acids is 1. The number of nitrogens with zero attached hydrogens (tertiary/aromatic N) is 4. The molecule has 1 amide bonds. The highest BCUT2D eigenvalue weighted by molar-refractivity contribution is 6.31. The lowest BCUT2D eigenvalue weighted by molar-refractivity contribution is -0.114. The Labute approximate surface area is 135 Å². The molecule has 1 aliphatic rings. The molecule has 0 bridgehead atoms. The van der Waals surface area contributed by atoms with Crippen molar-refractivity contribution in [1.29, 1.82) is 0 Å². The third kappa shape index (κ3) is 2.99. The molecule has 5 heteroatoms. The quantitative estimate of drug-likeness (QED) is 0.819. The molecule has 116 valence electrons. The number of hydrogen-bond acceptors (Lipinski definition) is 4. The lowest BCUT2D eigenvalue weighted by Gasteiger charge is -2.12. The molecule has 0 radical (unpaired) electrons. The van der Waals surface area contributed by atoms with Crippen LogP contribution in [0.25, 0.3) is 6.08 Å². The molecule has 1 aromatic carbocycles. The maximum Gasteiger partial charge on any atom is 0.282 e. The van der Waals surface area contributed by atoms with Crippen LogP contribution in [0.1, 0.15) is 12.5 Å². The van der Waals surface area contributed by atoms with Gasteiger partial charge in [0.1, 0.15) is 0 Å². The van der Waals surface area contributed by atoms with E-state index < -0.39 is 0 Å². The van der Waals surface area contributed by atoms with Crippen molar-refractivity contribution in [1.82, 2.24) is 4.98 Å². The Morgan fingerprint density at radius 3 is 2.43 bits per heavy atom. The standard InChI is InChI=1S/C18H18N4O/c1-13-16(12-14-7-9-15(10-8-14)21(2)3)18(23)22(20-13)17-6-4-5-11-19-17/h4-12H,1-3H3. The highest BCUT2D eigenvalue weighted by Gasteiger charge is 2.29. The van der Waals surface area contributed by atoms with Crippen LogP contribution in [-0.2, 0) is 4.79 Å². The monoisotopic (exact) mass is 306 g/mol. The van der Waals surface area contributed by atoms with E-state index in [2.05, 4.69) is 10.1 Å². The Morgan fingerprint density at radius 2 is 1.83 bits per heavy atom. The number of hydrazone groups is 1. The van der Waals surface area contributed by atoms with Crippen molar-refractivity contribution in [2.45, 2.75) is 6.92 Å². The topological polar surface area (TPSA) is 48.8 Å². The average molecular weight is 306 g/mol. The Balaban J connectivity index is 1.89. The van der Waals surface area contributed by atoms with Crippen LogP contribution in [0.15, 0.2) is 59.3 Å². The molecule has 0 spiro atoms. The van der Waals surface area contributed by atoms with Gasteiger partial charge in [0.05, 0.1) is 11.3 Å². The first kappa shape index (κ1) is 15.0. The fourth-order valence-corrected chi connectivity index (χ4v) is 2.35. The molecule has 0 aliphatic carbocycles. The third-order valence-electron chi connectivity index (χ3n) is 3.65. The Morgan fingerprint density at radius 1 is 1.09 bits per heavy atom. The van der Waals surface area contributed by atoms with Gasteiger partial charge in [-0.2, -0.15) is 10.1 Å². The van der Waals surface area contributed by atoms with Crippen LogP contribution >= 0.6 is 0 Å². The summed E-state index contributed by atoms with van der Waals surface area (Å²) in [5.41, 5.74) is 3.37. The number of carbonyl (C=O) groups is 1. The number of rotatable bonds is 3. The Kier molecular flexibility index (Phi) is 3.93. The molecule has 23 heavy (non-hydrogen) atoms. The smallest absolute Gasteiger partial charge is 0.282 e. The first-order valence-electron chi connectivity index (χ1n) is 7.36. The molecule has 0 N–H and O–H groups in total. The summed E-state index contributed by atoms with van der Waals surface area (Å²) in [6.07, 6.45) is 3.51. The van der Waals surface area contributed by atoms with Crippen molar-refractivity contribution in [3.05, 3.63) is 59.8 Å². The minimum atomic E-state index is -0.155. The summed E-state index contributed by atoms with van der Waals surface area (Å²) in [6, 6.07) is 13.4. The van der Waals surface area contributed by atoms with Crippen LogP contribution in [-0.4, -0.2) is 30.7 Å². The third-order valence-corrected chi connectivity index (χ3v) is 3.65. The van der Waals surface area contributed by atoms with Crippen LogP contribution in [0.3, 0.4) is 0 Å². The average Bonchev–Trinajstić information content (AvgIpc) is 2.84. The molecule has 5 nitrogen and oxygen atoms in total. The lowest BCUT2D eigenvalue weighted by Crippen LogP contribution is -2.22. The first-order valence-corrected chi connectivity index (χ1v) is 7.36. The van der Waals surface area contributed by atoms with Gasteiger partial charge in [0, 0.05) is 26.0 Å². The molecule has 1 aliphatic heterocycles. The minimum Gasteiger partial charge on any atom is -0.378 e. The van der Waals surface area contributed by atoms with Crippen molar-refractivity contribution >= 4 is 29.2 Å². The fraction of sp³-hybridized carbons (Fsp3) is 0.167. The van der Waals surface area contributed by atoms with Crippen molar-refractivity contribution in [3.8, 4) is 0 Å². The van der Waals surface area contributed by atoms with Gasteiger partial charge < -0.3 is 4.90 Å². The normalized spacial score (nSPS) is 16.0. The maximum absolute atomic E-state index is 12.6. The SMILES string of the molecule is CC1=NN(c2ccccn2)C(=O)C1=Cc1ccc(N(C)C)cc1. The second-order valence-electron chi connectivity index (χ2n) is 5.53. The summed E-state index contributed by atoms with van der Waals surface area (Å²) in [5, 5.41) is 5.67. The highest BCUT2D eigenvalue weighted by atomic mass is 16.2. The molecule has 0 saturated carbocycles. The van der Waals surface area contributed by atoms with E-state index >= 15 is 0 Å². The predicted molar refractivity (Wildman–Crippen MR) is 93.6 cm³/mol. The second-order valence-corrected chi connectivity index (χ2v) is 5.53. The van der Waals surface area contributed by atoms with E-state index in [1.807, 2.05) is 68.4 Å². The van der Waals surface area contributed by atoms with E-state index in [-0.39, 0.29) is 5.91 Å². The molecule has 0 atom stereocenters. The number of hydrogen-bond donors (Lipinski definition) is 0. The van der Waals surface area contributed by atoms with Crippen LogP contribution in [0.5, 0.6) is 0 Å². The second kappa shape index (κ2) is 6.04. The zero-order valence-corrected chi connectivity index (χ0v) is 13.4. The summed E-state index contributed by atoms with van der Waals surface area (Å²) in [6.45, 7) is 1.83. The summed E-state index contributed by atoms with van der Waals surface area (Å²) in [4.78, 5) is 18.8. The molecule has 2 heterocycles. The van der Waals surface area contributed by atoms with E-state index in [0.717, 1.165) is 11.3 Å². The van der Waals surface area contributed by atoms with E-state index in [0.29, 0.717) is 17.1 Å². The number of anilines is 2. The van der Waals surface area contributed by atoms with Gasteiger partial charge in [-0.1, -0.05) is 18.2 Å². The molecule has 0 unspecified atom stereocenters. The lowest BCUT2D eigenvalue weighted by atomic mass is 10.1.